The average Bonchev–Trinajstić information content (AvgIpc) is 3.29. The molecule has 24 heavy (non-hydrogen) atoms. The predicted octanol–water partition coefficient (Wildman–Crippen LogP) is 2.32. The number of benzene rings is 1. The summed E-state index contributed by atoms with van der Waals surface area (Å²) in [5, 5.41) is 9.46. The van der Waals surface area contributed by atoms with Crippen molar-refractivity contribution in [3.8, 4) is 0 Å². The maximum atomic E-state index is 12.1. The molecule has 0 saturated heterocycles. The van der Waals surface area contributed by atoms with Crippen LogP contribution >= 0.6 is 0 Å². The molecule has 2 amide bonds. The van der Waals surface area contributed by atoms with Crippen molar-refractivity contribution < 1.29 is 14.0 Å². The number of aromatic nitrogens is 3. The topological polar surface area (TPSA) is 102 Å². The first-order chi connectivity index (χ1) is 11.6. The van der Waals surface area contributed by atoms with Gasteiger partial charge in [0, 0.05) is 11.4 Å². The maximum absolute atomic E-state index is 12.1. The van der Waals surface area contributed by atoms with Crippen LogP contribution in [0.1, 0.15) is 23.3 Å². The molecule has 2 aromatic heterocycles. The van der Waals surface area contributed by atoms with Crippen LogP contribution in [0.5, 0.6) is 0 Å². The van der Waals surface area contributed by atoms with Gasteiger partial charge in [0.25, 0.3) is 5.91 Å². The van der Waals surface area contributed by atoms with E-state index in [0.29, 0.717) is 16.9 Å². The Morgan fingerprint density at radius 2 is 1.83 bits per heavy atom. The summed E-state index contributed by atoms with van der Waals surface area (Å²) in [6.07, 6.45) is 5.67. The Morgan fingerprint density at radius 3 is 2.42 bits per heavy atom. The van der Waals surface area contributed by atoms with E-state index >= 15 is 0 Å². The molecule has 3 aromatic rings. The lowest BCUT2D eigenvalue weighted by atomic mass is 10.2. The van der Waals surface area contributed by atoms with Gasteiger partial charge in [-0.2, -0.15) is 5.10 Å². The molecule has 0 radical (unpaired) electrons. The molecule has 0 aliphatic carbocycles. The molecule has 2 N–H and O–H groups in total. The largest absolute Gasteiger partial charge is 0.472 e. The second kappa shape index (κ2) is 6.78. The smallest absolute Gasteiger partial charge is 0.258 e. The Balaban J connectivity index is 1.60. The van der Waals surface area contributed by atoms with Crippen LogP contribution in [-0.2, 0) is 4.79 Å². The second-order valence-electron chi connectivity index (χ2n) is 5.08. The van der Waals surface area contributed by atoms with Crippen molar-refractivity contribution in [2.24, 2.45) is 0 Å². The van der Waals surface area contributed by atoms with Crippen molar-refractivity contribution in [1.29, 1.82) is 0 Å². The van der Waals surface area contributed by atoms with E-state index in [2.05, 4.69) is 20.7 Å². The molecule has 0 aliphatic rings. The van der Waals surface area contributed by atoms with Crippen molar-refractivity contribution in [1.82, 2.24) is 14.8 Å². The van der Waals surface area contributed by atoms with Crippen LogP contribution in [0.25, 0.3) is 0 Å². The fraction of sp³-hybridized carbons (Fsp3) is 0.125. The summed E-state index contributed by atoms with van der Waals surface area (Å²) in [5.74, 6) is -0.476. The number of rotatable bonds is 5. The van der Waals surface area contributed by atoms with Gasteiger partial charge < -0.3 is 15.1 Å². The minimum Gasteiger partial charge on any atom is -0.472 e. The third kappa shape index (κ3) is 3.49. The summed E-state index contributed by atoms with van der Waals surface area (Å²) in [7, 11) is 0. The first-order valence-electron chi connectivity index (χ1n) is 7.22. The molecule has 0 spiro atoms. The normalized spacial score (nSPS) is 11.7. The molecule has 3 rings (SSSR count). The van der Waals surface area contributed by atoms with Gasteiger partial charge in [0.15, 0.2) is 0 Å². The molecule has 122 valence electrons. The third-order valence-electron chi connectivity index (χ3n) is 3.41. The van der Waals surface area contributed by atoms with Crippen LogP contribution in [0, 0.1) is 0 Å². The molecule has 0 fully saturated rings. The van der Waals surface area contributed by atoms with Gasteiger partial charge in [0.05, 0.1) is 11.8 Å². The zero-order valence-electron chi connectivity index (χ0n) is 12.8. The molecular formula is C16H15N5O3. The van der Waals surface area contributed by atoms with Crippen molar-refractivity contribution in [2.75, 3.05) is 10.6 Å². The number of anilines is 2. The zero-order chi connectivity index (χ0) is 16.9. The number of nitrogens with zero attached hydrogens (tertiary/aromatic N) is 3. The van der Waals surface area contributed by atoms with E-state index in [0.717, 1.165) is 0 Å². The highest BCUT2D eigenvalue weighted by Crippen LogP contribution is 2.16. The molecule has 8 heteroatoms. The number of hydrogen-bond donors (Lipinski definition) is 2. The summed E-state index contributed by atoms with van der Waals surface area (Å²) in [5.41, 5.74) is 1.67. The van der Waals surface area contributed by atoms with E-state index in [-0.39, 0.29) is 11.8 Å². The predicted molar refractivity (Wildman–Crippen MR) is 86.5 cm³/mol. The first kappa shape index (κ1) is 15.5. The Hall–Kier alpha value is -3.42. The fourth-order valence-electron chi connectivity index (χ4n) is 2.02. The van der Waals surface area contributed by atoms with E-state index in [1.807, 2.05) is 0 Å². The van der Waals surface area contributed by atoms with Gasteiger partial charge in [-0.05, 0) is 37.3 Å². The first-order valence-corrected chi connectivity index (χ1v) is 7.22. The van der Waals surface area contributed by atoms with Crippen LogP contribution in [0.4, 0.5) is 11.4 Å². The molecule has 1 atom stereocenters. The third-order valence-corrected chi connectivity index (χ3v) is 3.41. The van der Waals surface area contributed by atoms with Gasteiger partial charge >= 0.3 is 0 Å². The molecule has 0 saturated carbocycles. The Bertz CT molecular complexity index is 810. The zero-order valence-corrected chi connectivity index (χ0v) is 12.8. The van der Waals surface area contributed by atoms with Crippen molar-refractivity contribution >= 4 is 23.2 Å². The Kier molecular flexibility index (Phi) is 4.37. The quantitative estimate of drug-likeness (QED) is 0.749. The van der Waals surface area contributed by atoms with Crippen LogP contribution in [0.3, 0.4) is 0 Å². The van der Waals surface area contributed by atoms with Crippen LogP contribution in [0.2, 0.25) is 0 Å². The van der Waals surface area contributed by atoms with E-state index in [9.17, 15) is 9.59 Å². The fourth-order valence-corrected chi connectivity index (χ4v) is 2.02. The molecule has 1 aromatic carbocycles. The highest BCUT2D eigenvalue weighted by Gasteiger charge is 2.15. The van der Waals surface area contributed by atoms with Crippen LogP contribution < -0.4 is 10.6 Å². The minimum absolute atomic E-state index is 0.212. The summed E-state index contributed by atoms with van der Waals surface area (Å²) < 4.78 is 6.34. The van der Waals surface area contributed by atoms with Gasteiger partial charge in [0.2, 0.25) is 5.91 Å². The van der Waals surface area contributed by atoms with Crippen molar-refractivity contribution in [3.05, 3.63) is 61.1 Å². The second-order valence-corrected chi connectivity index (χ2v) is 5.08. The number of amides is 2. The van der Waals surface area contributed by atoms with Gasteiger partial charge in [-0.25, -0.2) is 9.67 Å². The lowest BCUT2D eigenvalue weighted by Gasteiger charge is -2.12. The molecule has 8 nitrogen and oxygen atoms in total. The monoisotopic (exact) mass is 325 g/mol. The van der Waals surface area contributed by atoms with E-state index in [1.165, 1.54) is 29.9 Å². The molecule has 0 unspecified atom stereocenters. The van der Waals surface area contributed by atoms with E-state index < -0.39 is 6.04 Å². The summed E-state index contributed by atoms with van der Waals surface area (Å²) in [4.78, 5) is 27.9. The Morgan fingerprint density at radius 1 is 1.12 bits per heavy atom. The number of hydrogen-bond acceptors (Lipinski definition) is 5. The van der Waals surface area contributed by atoms with Gasteiger partial charge in [-0.15, -0.1) is 0 Å². The molecule has 0 bridgehead atoms. The van der Waals surface area contributed by atoms with Gasteiger partial charge in [0.1, 0.15) is 25.0 Å². The van der Waals surface area contributed by atoms with E-state index in [4.69, 9.17) is 4.42 Å². The van der Waals surface area contributed by atoms with Crippen LogP contribution in [-0.4, -0.2) is 26.6 Å². The number of carbonyl (C=O) groups excluding carboxylic acids is 2. The summed E-state index contributed by atoms with van der Waals surface area (Å²) >= 11 is 0. The van der Waals surface area contributed by atoms with Gasteiger partial charge in [-0.3, -0.25) is 9.59 Å². The lowest BCUT2D eigenvalue weighted by Crippen LogP contribution is -2.24. The average molecular weight is 325 g/mol. The SMILES string of the molecule is C[C@H](C(=O)Nc1ccc(NC(=O)c2ccoc2)cc1)n1cncn1. The van der Waals surface area contributed by atoms with Crippen molar-refractivity contribution in [2.45, 2.75) is 13.0 Å². The van der Waals surface area contributed by atoms with Crippen molar-refractivity contribution in [3.63, 3.8) is 0 Å². The summed E-state index contributed by atoms with van der Waals surface area (Å²) in [6.45, 7) is 1.73. The Labute approximate surface area is 137 Å². The standard InChI is InChI=1S/C16H15N5O3/c1-11(21-10-17-9-18-21)15(22)19-13-2-4-14(5-3-13)20-16(23)12-6-7-24-8-12/h2-11H,1H3,(H,19,22)(H,20,23)/t11-/m1/s1. The highest BCUT2D eigenvalue weighted by atomic mass is 16.3. The highest BCUT2D eigenvalue weighted by molar-refractivity contribution is 6.04. The van der Waals surface area contributed by atoms with Gasteiger partial charge in [-0.1, -0.05) is 0 Å². The maximum Gasteiger partial charge on any atom is 0.258 e. The molecular weight excluding hydrogens is 310 g/mol. The van der Waals surface area contributed by atoms with Crippen LogP contribution in [0.15, 0.2) is 59.9 Å². The van der Waals surface area contributed by atoms with E-state index in [1.54, 1.807) is 37.3 Å². The number of furan rings is 1. The molecule has 0 aliphatic heterocycles. The molecule has 2 heterocycles. The minimum atomic E-state index is -0.479. The number of nitrogens with one attached hydrogen (secondary N) is 2. The summed E-state index contributed by atoms with van der Waals surface area (Å²) in [6, 6.07) is 7.91. The lowest BCUT2D eigenvalue weighted by molar-refractivity contribution is -0.119. The number of carbonyl (C=O) groups is 2.